The Morgan fingerprint density at radius 3 is 2.57 bits per heavy atom. The van der Waals surface area contributed by atoms with Crippen molar-refractivity contribution in [2.45, 2.75) is 0 Å². The molecular weight excluding hydrogens is 382 g/mol. The largest absolute Gasteiger partial charge is 0.457 e. The van der Waals surface area contributed by atoms with Crippen LogP contribution in [0.1, 0.15) is 5.76 Å². The molecule has 0 atom stereocenters. The SMILES string of the molecule is N#C/C(=C\c1ccc(-c2ccccc2Cl)o1)C(=O)Nc1ccccc1[N+](=O)[O-]. The topological polar surface area (TPSA) is 109 Å². The Hall–Kier alpha value is -3.89. The highest BCUT2D eigenvalue weighted by atomic mass is 35.5. The Morgan fingerprint density at radius 2 is 1.86 bits per heavy atom. The Bertz CT molecular complexity index is 1130. The van der Waals surface area contributed by atoms with Crippen LogP contribution >= 0.6 is 11.6 Å². The Balaban J connectivity index is 1.85. The van der Waals surface area contributed by atoms with E-state index < -0.39 is 10.8 Å². The molecule has 0 spiro atoms. The van der Waals surface area contributed by atoms with Crippen molar-refractivity contribution >= 4 is 35.0 Å². The van der Waals surface area contributed by atoms with Crippen LogP contribution in [0.15, 0.2) is 70.7 Å². The summed E-state index contributed by atoms with van der Waals surface area (Å²) in [6, 6.07) is 17.8. The lowest BCUT2D eigenvalue weighted by atomic mass is 10.2. The van der Waals surface area contributed by atoms with Crippen molar-refractivity contribution in [3.8, 4) is 17.4 Å². The van der Waals surface area contributed by atoms with Gasteiger partial charge in [-0.2, -0.15) is 5.26 Å². The van der Waals surface area contributed by atoms with Gasteiger partial charge in [0.2, 0.25) is 0 Å². The number of para-hydroxylation sites is 2. The van der Waals surface area contributed by atoms with Crippen molar-refractivity contribution in [3.63, 3.8) is 0 Å². The molecule has 1 N–H and O–H groups in total. The van der Waals surface area contributed by atoms with Crippen LogP contribution in [0.2, 0.25) is 5.02 Å². The first-order valence-corrected chi connectivity index (χ1v) is 8.38. The number of nitro groups is 1. The molecule has 0 aliphatic rings. The molecule has 3 aromatic rings. The van der Waals surface area contributed by atoms with E-state index in [1.54, 1.807) is 48.5 Å². The second-order valence-electron chi connectivity index (χ2n) is 5.58. The molecule has 1 amide bonds. The average Bonchev–Trinajstić information content (AvgIpc) is 3.15. The monoisotopic (exact) mass is 393 g/mol. The third-order valence-electron chi connectivity index (χ3n) is 3.77. The fourth-order valence-corrected chi connectivity index (χ4v) is 2.68. The van der Waals surface area contributed by atoms with Gasteiger partial charge in [0.25, 0.3) is 11.6 Å². The standard InChI is InChI=1S/C20H12ClN3O4/c21-16-6-2-1-5-15(16)19-10-9-14(28-19)11-13(12-22)20(25)23-17-7-3-4-8-18(17)24(26)27/h1-11H,(H,23,25)/b13-11+. The summed E-state index contributed by atoms with van der Waals surface area (Å²) in [6.45, 7) is 0. The Kier molecular flexibility index (Phi) is 5.53. The minimum atomic E-state index is -0.785. The number of rotatable bonds is 5. The molecule has 2 aromatic carbocycles. The van der Waals surface area contributed by atoms with Crippen molar-refractivity contribution in [2.24, 2.45) is 0 Å². The van der Waals surface area contributed by atoms with Gasteiger partial charge in [-0.1, -0.05) is 35.9 Å². The molecule has 8 heteroatoms. The molecule has 3 rings (SSSR count). The van der Waals surface area contributed by atoms with Crippen molar-refractivity contribution < 1.29 is 14.1 Å². The molecule has 0 saturated carbocycles. The number of carbonyl (C=O) groups excluding carboxylic acids is 1. The number of nitrogens with zero attached hydrogens (tertiary/aromatic N) is 2. The minimum absolute atomic E-state index is 0.00477. The first-order valence-electron chi connectivity index (χ1n) is 8.01. The molecule has 1 aromatic heterocycles. The van der Waals surface area contributed by atoms with E-state index >= 15 is 0 Å². The van der Waals surface area contributed by atoms with E-state index in [9.17, 15) is 20.2 Å². The van der Waals surface area contributed by atoms with Crippen molar-refractivity contribution in [1.29, 1.82) is 5.26 Å². The molecule has 28 heavy (non-hydrogen) atoms. The molecule has 7 nitrogen and oxygen atoms in total. The number of hydrogen-bond donors (Lipinski definition) is 1. The summed E-state index contributed by atoms with van der Waals surface area (Å²) in [5, 5.41) is 23.2. The lowest BCUT2D eigenvalue weighted by molar-refractivity contribution is -0.383. The molecule has 0 fully saturated rings. The maximum absolute atomic E-state index is 12.4. The molecule has 0 aliphatic heterocycles. The zero-order chi connectivity index (χ0) is 20.1. The number of halogens is 1. The highest BCUT2D eigenvalue weighted by molar-refractivity contribution is 6.33. The van der Waals surface area contributed by atoms with E-state index in [0.717, 1.165) is 0 Å². The van der Waals surface area contributed by atoms with Gasteiger partial charge < -0.3 is 9.73 Å². The number of nitro benzene ring substituents is 1. The van der Waals surface area contributed by atoms with Crippen molar-refractivity contribution in [3.05, 3.63) is 87.1 Å². The van der Waals surface area contributed by atoms with Crippen LogP contribution in [-0.2, 0) is 4.79 Å². The van der Waals surface area contributed by atoms with E-state index in [1.165, 1.54) is 24.3 Å². The van der Waals surface area contributed by atoms with E-state index in [1.807, 2.05) is 0 Å². The van der Waals surface area contributed by atoms with Gasteiger partial charge in [-0.15, -0.1) is 0 Å². The maximum atomic E-state index is 12.4. The van der Waals surface area contributed by atoms with Gasteiger partial charge >= 0.3 is 0 Å². The lowest BCUT2D eigenvalue weighted by Gasteiger charge is -2.04. The fraction of sp³-hybridized carbons (Fsp3) is 0. The summed E-state index contributed by atoms with van der Waals surface area (Å²) in [5.74, 6) is -0.0371. The van der Waals surface area contributed by atoms with Gasteiger partial charge in [0, 0.05) is 17.7 Å². The molecule has 0 unspecified atom stereocenters. The molecule has 1 heterocycles. The summed E-state index contributed by atoms with van der Waals surface area (Å²) in [6.07, 6.45) is 1.25. The highest BCUT2D eigenvalue weighted by Gasteiger charge is 2.18. The van der Waals surface area contributed by atoms with Gasteiger partial charge in [-0.25, -0.2) is 0 Å². The van der Waals surface area contributed by atoms with E-state index in [2.05, 4.69) is 5.32 Å². The average molecular weight is 394 g/mol. The number of nitriles is 1. The second-order valence-corrected chi connectivity index (χ2v) is 5.99. The second kappa shape index (κ2) is 8.20. The number of benzene rings is 2. The first kappa shape index (κ1) is 18.9. The van der Waals surface area contributed by atoms with Crippen LogP contribution in [-0.4, -0.2) is 10.8 Å². The third-order valence-corrected chi connectivity index (χ3v) is 4.10. The zero-order valence-electron chi connectivity index (χ0n) is 14.3. The van der Waals surface area contributed by atoms with Crippen LogP contribution in [0.25, 0.3) is 17.4 Å². The van der Waals surface area contributed by atoms with Crippen molar-refractivity contribution in [1.82, 2.24) is 0 Å². The summed E-state index contributed by atoms with van der Waals surface area (Å²) < 4.78 is 5.65. The zero-order valence-corrected chi connectivity index (χ0v) is 15.0. The van der Waals surface area contributed by atoms with E-state index in [-0.39, 0.29) is 22.7 Å². The third kappa shape index (κ3) is 4.09. The number of anilines is 1. The van der Waals surface area contributed by atoms with Crippen LogP contribution in [0.3, 0.4) is 0 Å². The Labute approximate surface area is 164 Å². The first-order chi connectivity index (χ1) is 13.5. The minimum Gasteiger partial charge on any atom is -0.457 e. The summed E-state index contributed by atoms with van der Waals surface area (Å²) in [4.78, 5) is 22.8. The fourth-order valence-electron chi connectivity index (χ4n) is 2.46. The normalized spacial score (nSPS) is 10.9. The van der Waals surface area contributed by atoms with Gasteiger partial charge in [0.15, 0.2) is 0 Å². The van der Waals surface area contributed by atoms with Gasteiger partial charge in [-0.05, 0) is 30.3 Å². The number of amides is 1. The molecule has 0 radical (unpaired) electrons. The molecule has 0 bridgehead atoms. The molecule has 138 valence electrons. The number of carbonyl (C=O) groups is 1. The maximum Gasteiger partial charge on any atom is 0.292 e. The van der Waals surface area contributed by atoms with Crippen LogP contribution in [0.4, 0.5) is 11.4 Å². The predicted molar refractivity (Wildman–Crippen MR) is 104 cm³/mol. The number of hydrogen-bond acceptors (Lipinski definition) is 5. The summed E-state index contributed by atoms with van der Waals surface area (Å²) >= 11 is 6.14. The van der Waals surface area contributed by atoms with E-state index in [0.29, 0.717) is 16.3 Å². The lowest BCUT2D eigenvalue weighted by Crippen LogP contribution is -2.14. The van der Waals surface area contributed by atoms with Gasteiger partial charge in [0.05, 0.1) is 9.95 Å². The van der Waals surface area contributed by atoms with Crippen molar-refractivity contribution in [2.75, 3.05) is 5.32 Å². The number of nitrogens with one attached hydrogen (secondary N) is 1. The van der Waals surface area contributed by atoms with Gasteiger partial charge in [-0.3, -0.25) is 14.9 Å². The van der Waals surface area contributed by atoms with Gasteiger partial charge in [0.1, 0.15) is 28.9 Å². The number of furan rings is 1. The molecule has 0 aliphatic carbocycles. The predicted octanol–water partition coefficient (Wildman–Crippen LogP) is 5.05. The highest BCUT2D eigenvalue weighted by Crippen LogP contribution is 2.30. The van der Waals surface area contributed by atoms with Crippen LogP contribution in [0.5, 0.6) is 0 Å². The van der Waals surface area contributed by atoms with E-state index in [4.69, 9.17) is 16.0 Å². The molecule has 0 saturated heterocycles. The van der Waals surface area contributed by atoms with Crippen LogP contribution < -0.4 is 5.32 Å². The Morgan fingerprint density at radius 1 is 1.14 bits per heavy atom. The van der Waals surface area contributed by atoms with Crippen LogP contribution in [0, 0.1) is 21.4 Å². The summed E-state index contributed by atoms with van der Waals surface area (Å²) in [7, 11) is 0. The summed E-state index contributed by atoms with van der Waals surface area (Å²) in [5.41, 5.74) is 0.131. The smallest absolute Gasteiger partial charge is 0.292 e. The quantitative estimate of drug-likeness (QED) is 0.282. The molecular formula is C20H12ClN3O4.